The molecule has 1 aliphatic rings. The molecule has 1 heterocycles. The number of carbonyl (C=O) groups is 1. The van der Waals surface area contributed by atoms with Crippen molar-refractivity contribution in [3.05, 3.63) is 71.8 Å². The SMILES string of the molecule is CCNC(=NCC(O)(Cc1ccccc1)c1ccccc1)NC1CCN(C(=O)OC)CC1. The van der Waals surface area contributed by atoms with Crippen LogP contribution in [0, 0.1) is 0 Å². The van der Waals surface area contributed by atoms with Gasteiger partial charge in [0.2, 0.25) is 0 Å². The Morgan fingerprint density at radius 2 is 1.75 bits per heavy atom. The molecule has 0 aliphatic carbocycles. The van der Waals surface area contributed by atoms with Crippen LogP contribution in [0.4, 0.5) is 4.79 Å². The minimum atomic E-state index is -1.13. The van der Waals surface area contributed by atoms with Gasteiger partial charge in [0.1, 0.15) is 5.60 Å². The van der Waals surface area contributed by atoms with E-state index in [1.807, 2.05) is 67.6 Å². The van der Waals surface area contributed by atoms with Crippen molar-refractivity contribution in [2.45, 2.75) is 37.8 Å². The molecule has 1 aliphatic heterocycles. The number of hydrogen-bond acceptors (Lipinski definition) is 4. The summed E-state index contributed by atoms with van der Waals surface area (Å²) >= 11 is 0. The van der Waals surface area contributed by atoms with Crippen molar-refractivity contribution >= 4 is 12.1 Å². The minimum Gasteiger partial charge on any atom is -0.453 e. The Morgan fingerprint density at radius 1 is 1.12 bits per heavy atom. The van der Waals surface area contributed by atoms with Crippen LogP contribution in [0.5, 0.6) is 0 Å². The monoisotopic (exact) mass is 438 g/mol. The summed E-state index contributed by atoms with van der Waals surface area (Å²) in [7, 11) is 1.41. The van der Waals surface area contributed by atoms with E-state index in [0.29, 0.717) is 25.5 Å². The van der Waals surface area contributed by atoms with Crippen molar-refractivity contribution < 1.29 is 14.6 Å². The number of benzene rings is 2. The van der Waals surface area contributed by atoms with Gasteiger partial charge in [-0.2, -0.15) is 0 Å². The first-order valence-corrected chi connectivity index (χ1v) is 11.2. The second-order valence-corrected chi connectivity index (χ2v) is 8.13. The minimum absolute atomic E-state index is 0.202. The quantitative estimate of drug-likeness (QED) is 0.457. The largest absolute Gasteiger partial charge is 0.453 e. The first-order valence-electron chi connectivity index (χ1n) is 11.2. The highest BCUT2D eigenvalue weighted by Gasteiger charge is 2.30. The van der Waals surface area contributed by atoms with E-state index in [-0.39, 0.29) is 18.7 Å². The Labute approximate surface area is 190 Å². The molecular formula is C25H34N4O3. The maximum Gasteiger partial charge on any atom is 0.409 e. The van der Waals surface area contributed by atoms with Crippen molar-refractivity contribution in [2.75, 3.05) is 33.3 Å². The summed E-state index contributed by atoms with van der Waals surface area (Å²) in [5, 5.41) is 18.4. The third kappa shape index (κ3) is 6.47. The summed E-state index contributed by atoms with van der Waals surface area (Å²) in [4.78, 5) is 18.2. The number of nitrogens with one attached hydrogen (secondary N) is 2. The highest BCUT2D eigenvalue weighted by Crippen LogP contribution is 2.26. The fraction of sp³-hybridized carbons (Fsp3) is 0.440. The summed E-state index contributed by atoms with van der Waals surface area (Å²) in [6, 6.07) is 19.9. The first-order chi connectivity index (χ1) is 15.5. The number of nitrogens with zero attached hydrogens (tertiary/aromatic N) is 2. The molecule has 0 aromatic heterocycles. The standard InChI is InChI=1S/C25H34N4O3/c1-3-26-23(28-22-14-16-29(17-15-22)24(30)32-2)27-19-25(31,21-12-8-5-9-13-21)18-20-10-6-4-7-11-20/h4-13,22,31H,3,14-19H2,1-2H3,(H2,26,27,28). The second-order valence-electron chi connectivity index (χ2n) is 8.13. The second kappa shape index (κ2) is 11.5. The topological polar surface area (TPSA) is 86.2 Å². The number of carbonyl (C=O) groups excluding carboxylic acids is 1. The number of aliphatic hydroxyl groups is 1. The molecule has 1 amide bonds. The molecule has 32 heavy (non-hydrogen) atoms. The third-order valence-corrected chi connectivity index (χ3v) is 5.76. The van der Waals surface area contributed by atoms with Crippen LogP contribution in [0.3, 0.4) is 0 Å². The molecule has 1 atom stereocenters. The van der Waals surface area contributed by atoms with Crippen molar-refractivity contribution in [3.8, 4) is 0 Å². The van der Waals surface area contributed by atoms with Crippen molar-refractivity contribution in [1.29, 1.82) is 0 Å². The smallest absolute Gasteiger partial charge is 0.409 e. The fourth-order valence-corrected chi connectivity index (χ4v) is 3.99. The summed E-state index contributed by atoms with van der Waals surface area (Å²) in [5.41, 5.74) is 0.774. The van der Waals surface area contributed by atoms with Crippen molar-refractivity contribution in [2.24, 2.45) is 4.99 Å². The molecule has 7 heteroatoms. The van der Waals surface area contributed by atoms with Gasteiger partial charge in [-0.05, 0) is 30.9 Å². The van der Waals surface area contributed by atoms with Crippen LogP contribution in [-0.2, 0) is 16.8 Å². The zero-order valence-electron chi connectivity index (χ0n) is 19.0. The molecule has 3 N–H and O–H groups in total. The average molecular weight is 439 g/mol. The van der Waals surface area contributed by atoms with E-state index in [1.54, 1.807) is 4.90 Å². The number of ether oxygens (including phenoxy) is 1. The van der Waals surface area contributed by atoms with Gasteiger partial charge < -0.3 is 25.4 Å². The molecule has 3 rings (SSSR count). The van der Waals surface area contributed by atoms with Gasteiger partial charge in [-0.3, -0.25) is 0 Å². The first kappa shape index (κ1) is 23.6. The predicted octanol–water partition coefficient (Wildman–Crippen LogP) is 2.90. The highest BCUT2D eigenvalue weighted by molar-refractivity contribution is 5.80. The Kier molecular flexibility index (Phi) is 8.50. The van der Waals surface area contributed by atoms with Gasteiger partial charge in [-0.15, -0.1) is 0 Å². The maximum atomic E-state index is 11.7. The number of guanidine groups is 1. The van der Waals surface area contributed by atoms with E-state index in [2.05, 4.69) is 10.6 Å². The van der Waals surface area contributed by atoms with Crippen LogP contribution in [-0.4, -0.2) is 61.4 Å². The molecule has 172 valence electrons. The lowest BCUT2D eigenvalue weighted by molar-refractivity contribution is 0.0466. The van der Waals surface area contributed by atoms with Crippen LogP contribution < -0.4 is 10.6 Å². The third-order valence-electron chi connectivity index (χ3n) is 5.76. The van der Waals surface area contributed by atoms with E-state index in [9.17, 15) is 9.90 Å². The molecule has 0 radical (unpaired) electrons. The zero-order valence-corrected chi connectivity index (χ0v) is 19.0. The number of rotatable bonds is 7. The number of methoxy groups -OCH3 is 1. The molecule has 7 nitrogen and oxygen atoms in total. The van der Waals surface area contributed by atoms with E-state index in [0.717, 1.165) is 30.5 Å². The lowest BCUT2D eigenvalue weighted by atomic mass is 9.87. The molecule has 0 bridgehead atoms. The molecular weight excluding hydrogens is 404 g/mol. The van der Waals surface area contributed by atoms with Crippen LogP contribution >= 0.6 is 0 Å². The number of amides is 1. The highest BCUT2D eigenvalue weighted by atomic mass is 16.5. The summed E-state index contributed by atoms with van der Waals surface area (Å²) in [5.74, 6) is 0.673. The molecule has 2 aromatic rings. The van der Waals surface area contributed by atoms with Crippen LogP contribution in [0.1, 0.15) is 30.9 Å². The zero-order chi connectivity index (χ0) is 22.8. The molecule has 0 saturated carbocycles. The van der Waals surface area contributed by atoms with Crippen molar-refractivity contribution in [1.82, 2.24) is 15.5 Å². The van der Waals surface area contributed by atoms with Crippen LogP contribution in [0.25, 0.3) is 0 Å². The van der Waals surface area contributed by atoms with E-state index in [4.69, 9.17) is 9.73 Å². The van der Waals surface area contributed by atoms with E-state index < -0.39 is 5.60 Å². The molecule has 0 spiro atoms. The Bertz CT molecular complexity index is 867. The lowest BCUT2D eigenvalue weighted by Crippen LogP contribution is -2.50. The van der Waals surface area contributed by atoms with Gasteiger partial charge in [0.15, 0.2) is 5.96 Å². The summed E-state index contributed by atoms with van der Waals surface area (Å²) in [6.45, 7) is 4.25. The predicted molar refractivity (Wildman–Crippen MR) is 127 cm³/mol. The van der Waals surface area contributed by atoms with Gasteiger partial charge in [-0.1, -0.05) is 60.7 Å². The average Bonchev–Trinajstić information content (AvgIpc) is 2.84. The summed E-state index contributed by atoms with van der Waals surface area (Å²) < 4.78 is 4.81. The summed E-state index contributed by atoms with van der Waals surface area (Å²) in [6.07, 6.45) is 1.81. The van der Waals surface area contributed by atoms with Gasteiger partial charge >= 0.3 is 6.09 Å². The van der Waals surface area contributed by atoms with Gasteiger partial charge in [0, 0.05) is 32.1 Å². The normalized spacial score (nSPS) is 16.8. The van der Waals surface area contributed by atoms with E-state index >= 15 is 0 Å². The lowest BCUT2D eigenvalue weighted by Gasteiger charge is -2.32. The van der Waals surface area contributed by atoms with Gasteiger partial charge in [0.25, 0.3) is 0 Å². The number of aliphatic imine (C=N–C) groups is 1. The van der Waals surface area contributed by atoms with E-state index in [1.165, 1.54) is 7.11 Å². The van der Waals surface area contributed by atoms with Crippen molar-refractivity contribution in [3.63, 3.8) is 0 Å². The molecule has 1 saturated heterocycles. The van der Waals surface area contributed by atoms with Crippen LogP contribution in [0.2, 0.25) is 0 Å². The fourth-order valence-electron chi connectivity index (χ4n) is 3.99. The maximum absolute atomic E-state index is 11.7. The molecule has 1 fully saturated rings. The number of likely N-dealkylation sites (tertiary alicyclic amines) is 1. The molecule has 1 unspecified atom stereocenters. The Hall–Kier alpha value is -3.06. The van der Waals surface area contributed by atoms with Gasteiger partial charge in [0.05, 0.1) is 13.7 Å². The number of hydrogen-bond donors (Lipinski definition) is 3. The Balaban J connectivity index is 1.72. The Morgan fingerprint density at radius 3 is 2.34 bits per heavy atom. The molecule has 2 aromatic carbocycles. The number of piperidine rings is 1. The van der Waals surface area contributed by atoms with Gasteiger partial charge in [-0.25, -0.2) is 9.79 Å². The van der Waals surface area contributed by atoms with Crippen LogP contribution in [0.15, 0.2) is 65.7 Å².